The molecular weight excluding hydrogens is 558 g/mol. The monoisotopic (exact) mass is 591 g/mol. The molecule has 46 heavy (non-hydrogen) atoms. The Hall–Kier alpha value is -5.54. The highest BCUT2D eigenvalue weighted by atomic mass is 15.2. The van der Waals surface area contributed by atoms with Gasteiger partial charge in [-0.1, -0.05) is 117 Å². The maximum absolute atomic E-state index is 5.23. The van der Waals surface area contributed by atoms with Crippen LogP contribution in [0, 0.1) is 0 Å². The third kappa shape index (κ3) is 4.12. The molecule has 0 amide bonds. The highest BCUT2D eigenvalue weighted by Gasteiger charge is 2.36. The van der Waals surface area contributed by atoms with Crippen molar-refractivity contribution in [1.29, 1.82) is 0 Å². The van der Waals surface area contributed by atoms with E-state index in [0.29, 0.717) is 5.95 Å². The van der Waals surface area contributed by atoms with Crippen molar-refractivity contribution in [1.82, 2.24) is 14.5 Å². The van der Waals surface area contributed by atoms with E-state index in [1.807, 2.05) is 12.3 Å². The van der Waals surface area contributed by atoms with Gasteiger partial charge in [-0.15, -0.1) is 0 Å². The first-order chi connectivity index (χ1) is 22.6. The molecule has 0 saturated carbocycles. The predicted octanol–water partition coefficient (Wildman–Crippen LogP) is 10.8. The Morgan fingerprint density at radius 2 is 1.37 bits per heavy atom. The van der Waals surface area contributed by atoms with Crippen LogP contribution in [-0.4, -0.2) is 14.5 Å². The molecule has 9 rings (SSSR count). The first-order valence-electron chi connectivity index (χ1n) is 16.1. The van der Waals surface area contributed by atoms with Crippen molar-refractivity contribution in [2.45, 2.75) is 32.1 Å². The predicted molar refractivity (Wildman–Crippen MR) is 191 cm³/mol. The van der Waals surface area contributed by atoms with Crippen molar-refractivity contribution < 1.29 is 0 Å². The van der Waals surface area contributed by atoms with E-state index in [1.54, 1.807) is 0 Å². The van der Waals surface area contributed by atoms with E-state index in [1.165, 1.54) is 55.3 Å². The number of hydrogen-bond acceptors (Lipinski definition) is 2. The van der Waals surface area contributed by atoms with Crippen LogP contribution in [0.3, 0.4) is 0 Å². The number of fused-ring (bicyclic) bond motifs is 6. The largest absolute Gasteiger partial charge is 0.278 e. The van der Waals surface area contributed by atoms with Crippen LogP contribution in [0.25, 0.3) is 61.2 Å². The zero-order chi connectivity index (χ0) is 30.8. The number of para-hydroxylation sites is 1. The smallest absolute Gasteiger partial charge is 0.235 e. The van der Waals surface area contributed by atoms with Crippen LogP contribution in [0.4, 0.5) is 0 Å². The van der Waals surface area contributed by atoms with Crippen LogP contribution in [0.5, 0.6) is 0 Å². The molecule has 0 fully saturated rings. The lowest BCUT2D eigenvalue weighted by Crippen LogP contribution is -2.15. The van der Waals surface area contributed by atoms with Crippen LogP contribution in [0.2, 0.25) is 0 Å². The third-order valence-corrected chi connectivity index (χ3v) is 9.98. The zero-order valence-corrected chi connectivity index (χ0v) is 26.0. The Labute approximate surface area is 269 Å². The highest BCUT2D eigenvalue weighted by Crippen LogP contribution is 2.50. The molecule has 2 aliphatic carbocycles. The maximum atomic E-state index is 5.23. The van der Waals surface area contributed by atoms with Crippen LogP contribution in [0.15, 0.2) is 140 Å². The van der Waals surface area contributed by atoms with E-state index in [9.17, 15) is 0 Å². The fraction of sp³-hybridized carbons (Fsp3) is 0.116. The number of hydrogen-bond donors (Lipinski definition) is 0. The van der Waals surface area contributed by atoms with Gasteiger partial charge >= 0.3 is 0 Å². The summed E-state index contributed by atoms with van der Waals surface area (Å²) in [6.45, 7) is 4.67. The molecule has 7 aromatic rings. The molecule has 2 aliphatic rings. The van der Waals surface area contributed by atoms with Crippen molar-refractivity contribution in [2.75, 3.05) is 0 Å². The second kappa shape index (κ2) is 10.3. The standard InChI is InChI=1S/C43H33N3/c1-43(2)37-17-8-6-15-33(37)35-26-36-34-16-7-9-18-40(34)46(41(36)27-38(35)43)42-44-24-23-39(45-42)32-14-10-13-31(25-32)30-21-19-29(20-22-30)28-11-4-3-5-12-28/h3-9,11-12,14-27H,10,13H2,1-2H3. The molecule has 3 heteroatoms. The number of benzene rings is 5. The van der Waals surface area contributed by atoms with E-state index in [0.717, 1.165) is 35.1 Å². The summed E-state index contributed by atoms with van der Waals surface area (Å²) >= 11 is 0. The van der Waals surface area contributed by atoms with Gasteiger partial charge in [0.15, 0.2) is 0 Å². The summed E-state index contributed by atoms with van der Waals surface area (Å²) < 4.78 is 2.25. The van der Waals surface area contributed by atoms with E-state index in [4.69, 9.17) is 9.97 Å². The van der Waals surface area contributed by atoms with Gasteiger partial charge in [0.25, 0.3) is 0 Å². The van der Waals surface area contributed by atoms with Crippen LogP contribution >= 0.6 is 0 Å². The molecule has 0 radical (unpaired) electrons. The maximum Gasteiger partial charge on any atom is 0.235 e. The molecule has 0 atom stereocenters. The van der Waals surface area contributed by atoms with Gasteiger partial charge in [-0.25, -0.2) is 9.97 Å². The zero-order valence-electron chi connectivity index (χ0n) is 26.0. The van der Waals surface area contributed by atoms with Crippen molar-refractivity contribution >= 4 is 33.0 Å². The summed E-state index contributed by atoms with van der Waals surface area (Å²) in [7, 11) is 0. The van der Waals surface area contributed by atoms with Gasteiger partial charge in [0, 0.05) is 22.4 Å². The molecule has 0 N–H and O–H groups in total. The minimum Gasteiger partial charge on any atom is -0.278 e. The number of rotatable bonds is 4. The average Bonchev–Trinajstić information content (AvgIpc) is 3.56. The lowest BCUT2D eigenvalue weighted by molar-refractivity contribution is 0.661. The molecule has 0 saturated heterocycles. The Bertz CT molecular complexity index is 2370. The van der Waals surface area contributed by atoms with Crippen LogP contribution in [0.1, 0.15) is 49.1 Å². The molecule has 0 spiro atoms. The summed E-state index contributed by atoms with van der Waals surface area (Å²) in [5, 5.41) is 2.45. The van der Waals surface area contributed by atoms with Gasteiger partial charge in [-0.05, 0) is 93.3 Å². The number of nitrogens with zero attached hydrogens (tertiary/aromatic N) is 3. The Kier molecular flexibility index (Phi) is 5.98. The Morgan fingerprint density at radius 3 is 2.24 bits per heavy atom. The Balaban J connectivity index is 1.14. The number of aromatic nitrogens is 3. The minimum absolute atomic E-state index is 0.0858. The van der Waals surface area contributed by atoms with Crippen LogP contribution in [-0.2, 0) is 5.41 Å². The lowest BCUT2D eigenvalue weighted by Gasteiger charge is -2.21. The van der Waals surface area contributed by atoms with E-state index in [2.05, 4.69) is 146 Å². The normalized spacial score (nSPS) is 15.0. The third-order valence-electron chi connectivity index (χ3n) is 9.98. The second-order valence-electron chi connectivity index (χ2n) is 13.0. The topological polar surface area (TPSA) is 30.7 Å². The quantitative estimate of drug-likeness (QED) is 0.204. The van der Waals surface area contributed by atoms with E-state index < -0.39 is 0 Å². The molecule has 2 aromatic heterocycles. The van der Waals surface area contributed by atoms with Gasteiger partial charge in [-0.2, -0.15) is 0 Å². The summed E-state index contributed by atoms with van der Waals surface area (Å²) in [5.41, 5.74) is 14.7. The fourth-order valence-electron chi connectivity index (χ4n) is 7.61. The van der Waals surface area contributed by atoms with Crippen molar-refractivity contribution in [3.8, 4) is 28.2 Å². The van der Waals surface area contributed by atoms with Crippen molar-refractivity contribution in [3.63, 3.8) is 0 Å². The molecule has 0 aliphatic heterocycles. The SMILES string of the molecule is CC1(C)c2ccccc2-c2cc3c4ccccc4n(-c4nccc(C5=CCCC(c6ccc(-c7ccccc7)cc6)=C5)n4)c3cc21. The fourth-order valence-corrected chi connectivity index (χ4v) is 7.61. The average molecular weight is 592 g/mol. The minimum atomic E-state index is -0.0858. The highest BCUT2D eigenvalue weighted by molar-refractivity contribution is 6.11. The molecule has 5 aromatic carbocycles. The summed E-state index contributed by atoms with van der Waals surface area (Å²) in [6, 6.07) is 43.8. The number of allylic oxidation sites excluding steroid dienone is 4. The summed E-state index contributed by atoms with van der Waals surface area (Å²) in [4.78, 5) is 10.1. The van der Waals surface area contributed by atoms with Gasteiger partial charge in [0.1, 0.15) is 0 Å². The summed E-state index contributed by atoms with van der Waals surface area (Å²) in [6.07, 6.45) is 8.53. The van der Waals surface area contributed by atoms with Gasteiger partial charge < -0.3 is 0 Å². The van der Waals surface area contributed by atoms with Crippen molar-refractivity contribution in [3.05, 3.63) is 162 Å². The van der Waals surface area contributed by atoms with E-state index >= 15 is 0 Å². The summed E-state index contributed by atoms with van der Waals surface area (Å²) in [5.74, 6) is 0.700. The molecule has 3 nitrogen and oxygen atoms in total. The molecule has 220 valence electrons. The second-order valence-corrected chi connectivity index (χ2v) is 13.0. The molecule has 2 heterocycles. The molecule has 0 bridgehead atoms. The van der Waals surface area contributed by atoms with Gasteiger partial charge in [-0.3, -0.25) is 4.57 Å². The van der Waals surface area contributed by atoms with Crippen molar-refractivity contribution in [2.24, 2.45) is 0 Å². The Morgan fingerprint density at radius 1 is 0.630 bits per heavy atom. The molecular formula is C43H33N3. The molecule has 0 unspecified atom stereocenters. The van der Waals surface area contributed by atoms with E-state index in [-0.39, 0.29) is 5.41 Å². The first kappa shape index (κ1) is 26.8. The van der Waals surface area contributed by atoms with Gasteiger partial charge in [0.05, 0.1) is 16.7 Å². The van der Waals surface area contributed by atoms with Crippen LogP contribution < -0.4 is 0 Å². The van der Waals surface area contributed by atoms with Gasteiger partial charge in [0.2, 0.25) is 5.95 Å². The lowest BCUT2D eigenvalue weighted by atomic mass is 9.82. The first-order valence-corrected chi connectivity index (χ1v) is 16.1.